The van der Waals surface area contributed by atoms with Crippen molar-refractivity contribution in [2.45, 2.75) is 45.1 Å². The van der Waals surface area contributed by atoms with Gasteiger partial charge in [-0.15, -0.1) is 0 Å². The van der Waals surface area contributed by atoms with Crippen LogP contribution < -0.4 is 0 Å². The second-order valence-corrected chi connectivity index (χ2v) is 5.76. The minimum atomic E-state index is -0.266. The van der Waals surface area contributed by atoms with Crippen molar-refractivity contribution in [1.82, 2.24) is 9.80 Å². The molecule has 2 heterocycles. The van der Waals surface area contributed by atoms with Gasteiger partial charge in [0.1, 0.15) is 5.78 Å². The first kappa shape index (κ1) is 15.4. The van der Waals surface area contributed by atoms with Gasteiger partial charge in [-0.05, 0) is 39.3 Å². The van der Waals surface area contributed by atoms with E-state index in [4.69, 9.17) is 4.74 Å². The first-order valence-corrected chi connectivity index (χ1v) is 7.82. The number of rotatable bonds is 7. The van der Waals surface area contributed by atoms with Gasteiger partial charge in [-0.2, -0.15) is 0 Å². The van der Waals surface area contributed by atoms with Crippen LogP contribution >= 0.6 is 0 Å². The van der Waals surface area contributed by atoms with E-state index in [1.165, 1.54) is 32.4 Å². The Labute approximate surface area is 121 Å². The fraction of sp³-hybridized carbons (Fsp3) is 0.867. The van der Waals surface area contributed by atoms with Gasteiger partial charge in [0.05, 0.1) is 19.6 Å². The average Bonchev–Trinajstić information content (AvgIpc) is 3.07. The van der Waals surface area contributed by atoms with Gasteiger partial charge >= 0.3 is 5.97 Å². The Hall–Kier alpha value is -0.940. The van der Waals surface area contributed by atoms with Crippen molar-refractivity contribution in [3.8, 4) is 0 Å². The van der Waals surface area contributed by atoms with Crippen LogP contribution in [0, 0.1) is 0 Å². The Morgan fingerprint density at radius 3 is 2.60 bits per heavy atom. The summed E-state index contributed by atoms with van der Waals surface area (Å²) in [7, 11) is 0. The van der Waals surface area contributed by atoms with E-state index in [1.54, 1.807) is 6.92 Å². The third kappa shape index (κ3) is 4.56. The summed E-state index contributed by atoms with van der Waals surface area (Å²) in [5.74, 6) is -0.114. The van der Waals surface area contributed by atoms with Crippen LogP contribution in [0.3, 0.4) is 0 Å². The zero-order valence-electron chi connectivity index (χ0n) is 12.5. The van der Waals surface area contributed by atoms with Crippen LogP contribution in [0.2, 0.25) is 0 Å². The van der Waals surface area contributed by atoms with Crippen LogP contribution in [0.1, 0.15) is 39.0 Å². The molecule has 2 saturated heterocycles. The molecule has 5 heteroatoms. The van der Waals surface area contributed by atoms with E-state index >= 15 is 0 Å². The highest BCUT2D eigenvalue weighted by atomic mass is 16.5. The summed E-state index contributed by atoms with van der Waals surface area (Å²) in [5, 5.41) is 0. The molecule has 0 radical (unpaired) electrons. The van der Waals surface area contributed by atoms with Gasteiger partial charge in [-0.25, -0.2) is 0 Å². The molecule has 0 aliphatic carbocycles. The van der Waals surface area contributed by atoms with Crippen molar-refractivity contribution in [3.63, 3.8) is 0 Å². The van der Waals surface area contributed by atoms with E-state index < -0.39 is 0 Å². The second-order valence-electron chi connectivity index (χ2n) is 5.76. The zero-order chi connectivity index (χ0) is 14.4. The van der Waals surface area contributed by atoms with E-state index in [0.717, 1.165) is 13.1 Å². The molecule has 0 N–H and O–H groups in total. The predicted octanol–water partition coefficient (Wildman–Crippen LogP) is 1.07. The molecular weight excluding hydrogens is 256 g/mol. The number of likely N-dealkylation sites (tertiary alicyclic amines) is 2. The summed E-state index contributed by atoms with van der Waals surface area (Å²) >= 11 is 0. The highest BCUT2D eigenvalue weighted by molar-refractivity contribution is 5.84. The maximum atomic E-state index is 11.9. The normalized spacial score (nSPS) is 24.1. The van der Waals surface area contributed by atoms with Crippen molar-refractivity contribution in [2.24, 2.45) is 0 Å². The van der Waals surface area contributed by atoms with E-state index in [2.05, 4.69) is 9.80 Å². The van der Waals surface area contributed by atoms with Gasteiger partial charge in [0.25, 0.3) is 0 Å². The van der Waals surface area contributed by atoms with Crippen molar-refractivity contribution in [2.75, 3.05) is 39.3 Å². The lowest BCUT2D eigenvalue weighted by Gasteiger charge is -2.23. The highest BCUT2D eigenvalue weighted by Crippen LogP contribution is 2.20. The minimum Gasteiger partial charge on any atom is -0.466 e. The maximum Gasteiger partial charge on any atom is 0.306 e. The van der Waals surface area contributed by atoms with Crippen LogP contribution in [0.25, 0.3) is 0 Å². The van der Waals surface area contributed by atoms with Gasteiger partial charge < -0.3 is 4.74 Å². The predicted molar refractivity (Wildman–Crippen MR) is 76.5 cm³/mol. The summed E-state index contributed by atoms with van der Waals surface area (Å²) in [6.45, 7) is 7.10. The molecule has 5 nitrogen and oxygen atoms in total. The molecule has 0 saturated carbocycles. The lowest BCUT2D eigenvalue weighted by atomic mass is 10.2. The molecule has 2 fully saturated rings. The van der Waals surface area contributed by atoms with Gasteiger partial charge in [0.2, 0.25) is 0 Å². The number of ether oxygens (including phenoxy) is 1. The number of carbonyl (C=O) groups excluding carboxylic acids is 2. The first-order valence-electron chi connectivity index (χ1n) is 7.82. The molecule has 114 valence electrons. The van der Waals surface area contributed by atoms with Crippen molar-refractivity contribution in [3.05, 3.63) is 0 Å². The van der Waals surface area contributed by atoms with Crippen LogP contribution in [0.4, 0.5) is 0 Å². The summed E-state index contributed by atoms with van der Waals surface area (Å²) in [5.41, 5.74) is 0. The third-order valence-corrected chi connectivity index (χ3v) is 4.22. The van der Waals surface area contributed by atoms with Gasteiger partial charge in [0, 0.05) is 25.6 Å². The molecule has 20 heavy (non-hydrogen) atoms. The topological polar surface area (TPSA) is 49.9 Å². The average molecular weight is 282 g/mol. The van der Waals surface area contributed by atoms with Crippen LogP contribution in [-0.4, -0.2) is 66.9 Å². The summed E-state index contributed by atoms with van der Waals surface area (Å²) < 4.78 is 4.84. The fourth-order valence-electron chi connectivity index (χ4n) is 3.16. The lowest BCUT2D eigenvalue weighted by Crippen LogP contribution is -2.36. The van der Waals surface area contributed by atoms with Gasteiger partial charge in [-0.1, -0.05) is 0 Å². The Bertz CT molecular complexity index is 340. The molecular formula is C15H26N2O3. The van der Waals surface area contributed by atoms with E-state index in [9.17, 15) is 9.59 Å². The number of hydrogen-bond acceptors (Lipinski definition) is 5. The first-order chi connectivity index (χ1) is 9.69. The number of ketones is 1. The molecule has 0 aromatic carbocycles. The molecule has 0 amide bonds. The molecule has 0 bridgehead atoms. The summed E-state index contributed by atoms with van der Waals surface area (Å²) in [4.78, 5) is 27.9. The Kier molecular flexibility index (Phi) is 5.98. The van der Waals surface area contributed by atoms with Gasteiger partial charge in [0.15, 0.2) is 0 Å². The number of nitrogens with zero attached hydrogens (tertiary/aromatic N) is 2. The Balaban J connectivity index is 1.64. The van der Waals surface area contributed by atoms with Crippen LogP contribution in [0.5, 0.6) is 0 Å². The molecule has 2 aliphatic rings. The lowest BCUT2D eigenvalue weighted by molar-refractivity contribution is -0.144. The second kappa shape index (κ2) is 7.74. The van der Waals surface area contributed by atoms with Gasteiger partial charge in [-0.3, -0.25) is 19.4 Å². The monoisotopic (exact) mass is 282 g/mol. The molecule has 1 atom stereocenters. The summed E-state index contributed by atoms with van der Waals surface area (Å²) in [6.07, 6.45) is 4.33. The zero-order valence-corrected chi connectivity index (χ0v) is 12.5. The number of carbonyl (C=O) groups is 2. The van der Waals surface area contributed by atoms with Crippen LogP contribution in [0.15, 0.2) is 0 Å². The standard InChI is InChI=1S/C15H26N2O3/c1-2-20-15(19)6-5-14(18)12-16-10-7-13(11-16)17-8-3-4-9-17/h13H,2-12H2,1H3. The molecule has 2 aliphatic heterocycles. The number of hydrogen-bond donors (Lipinski definition) is 0. The number of esters is 1. The summed E-state index contributed by atoms with van der Waals surface area (Å²) in [6, 6.07) is 0.635. The van der Waals surface area contributed by atoms with E-state index in [1.807, 2.05) is 0 Å². The SMILES string of the molecule is CCOC(=O)CCC(=O)CN1CCC(N2CCCC2)C1. The molecule has 0 aromatic rings. The van der Waals surface area contributed by atoms with Crippen molar-refractivity contribution >= 4 is 11.8 Å². The maximum absolute atomic E-state index is 11.9. The van der Waals surface area contributed by atoms with E-state index in [-0.39, 0.29) is 18.2 Å². The van der Waals surface area contributed by atoms with Crippen molar-refractivity contribution < 1.29 is 14.3 Å². The molecule has 0 spiro atoms. The largest absolute Gasteiger partial charge is 0.466 e. The smallest absolute Gasteiger partial charge is 0.306 e. The minimum absolute atomic E-state index is 0.153. The number of Topliss-reactive ketones (excluding diaryl/α,β-unsaturated/α-hetero) is 1. The Morgan fingerprint density at radius 1 is 1.15 bits per heavy atom. The Morgan fingerprint density at radius 2 is 1.90 bits per heavy atom. The molecule has 2 rings (SSSR count). The molecule has 1 unspecified atom stereocenters. The highest BCUT2D eigenvalue weighted by Gasteiger charge is 2.29. The quantitative estimate of drug-likeness (QED) is 0.654. The van der Waals surface area contributed by atoms with Crippen LogP contribution in [-0.2, 0) is 14.3 Å². The van der Waals surface area contributed by atoms with Crippen molar-refractivity contribution in [1.29, 1.82) is 0 Å². The molecule has 0 aromatic heterocycles. The fourth-order valence-corrected chi connectivity index (χ4v) is 3.16. The third-order valence-electron chi connectivity index (χ3n) is 4.22. The van der Waals surface area contributed by atoms with E-state index in [0.29, 0.717) is 25.6 Å².